The number of sulfonamides is 1. The second-order valence-electron chi connectivity index (χ2n) is 4.42. The van der Waals surface area contributed by atoms with Gasteiger partial charge in [0.1, 0.15) is 0 Å². The zero-order chi connectivity index (χ0) is 16.3. The summed E-state index contributed by atoms with van der Waals surface area (Å²) in [6.07, 6.45) is -0.0554. The number of halogens is 2. The lowest BCUT2D eigenvalue weighted by Crippen LogP contribution is -2.21. The molecule has 0 saturated carbocycles. The fraction of sp³-hybridized carbons (Fsp3) is 0.455. The van der Waals surface area contributed by atoms with Gasteiger partial charge in [0.15, 0.2) is 0 Å². The molecule has 1 rings (SSSR count). The summed E-state index contributed by atoms with van der Waals surface area (Å²) in [5, 5.41) is 0. The molecular formula is C11H15BrClNO5S2. The maximum absolute atomic E-state index is 11.9. The van der Waals surface area contributed by atoms with Crippen LogP contribution < -0.4 is 4.72 Å². The van der Waals surface area contributed by atoms with E-state index in [4.69, 9.17) is 15.4 Å². The molecule has 0 aliphatic carbocycles. The van der Waals surface area contributed by atoms with Crippen molar-refractivity contribution in [2.24, 2.45) is 0 Å². The summed E-state index contributed by atoms with van der Waals surface area (Å²) in [5.41, 5.74) is 0.226. The van der Waals surface area contributed by atoms with E-state index in [0.717, 1.165) is 0 Å². The smallest absolute Gasteiger partial charge is 0.261 e. The van der Waals surface area contributed by atoms with Crippen molar-refractivity contribution < 1.29 is 21.6 Å². The molecule has 21 heavy (non-hydrogen) atoms. The van der Waals surface area contributed by atoms with Gasteiger partial charge in [0.05, 0.1) is 29.0 Å². The molecule has 6 nitrogen and oxygen atoms in total. The number of rotatable bonds is 7. The van der Waals surface area contributed by atoms with Crippen LogP contribution in [-0.2, 0) is 23.8 Å². The number of nitrogens with one attached hydrogen (secondary N) is 1. The topological polar surface area (TPSA) is 89.5 Å². The Morgan fingerprint density at radius 2 is 1.90 bits per heavy atom. The minimum Gasteiger partial charge on any atom is -0.378 e. The number of hydrogen-bond acceptors (Lipinski definition) is 5. The lowest BCUT2D eigenvalue weighted by Gasteiger charge is -2.11. The summed E-state index contributed by atoms with van der Waals surface area (Å²) in [7, 11) is -2.24. The molecule has 0 spiro atoms. The highest BCUT2D eigenvalue weighted by atomic mass is 79.9. The van der Waals surface area contributed by atoms with E-state index in [0.29, 0.717) is 0 Å². The van der Waals surface area contributed by atoms with Gasteiger partial charge in [-0.1, -0.05) is 0 Å². The average Bonchev–Trinajstić information content (AvgIpc) is 2.29. The number of benzene rings is 1. The lowest BCUT2D eigenvalue weighted by atomic mass is 10.3. The molecule has 0 bridgehead atoms. The Kier molecular flexibility index (Phi) is 6.48. The van der Waals surface area contributed by atoms with Crippen LogP contribution in [0.25, 0.3) is 0 Å². The molecule has 0 amide bonds. The van der Waals surface area contributed by atoms with Crippen LogP contribution in [0.4, 0.5) is 5.69 Å². The fourth-order valence-corrected chi connectivity index (χ4v) is 3.81. The minimum absolute atomic E-state index is 0.0554. The Labute approximate surface area is 137 Å². The lowest BCUT2D eigenvalue weighted by molar-refractivity contribution is 0.0913. The first-order chi connectivity index (χ1) is 9.51. The highest BCUT2D eigenvalue weighted by Crippen LogP contribution is 2.28. The fourth-order valence-electron chi connectivity index (χ4n) is 1.34. The first-order valence-corrected chi connectivity index (χ1v) is 10.6. The van der Waals surface area contributed by atoms with Gasteiger partial charge in [-0.05, 0) is 48.0 Å². The average molecular weight is 421 g/mol. The van der Waals surface area contributed by atoms with Crippen LogP contribution in [0.15, 0.2) is 27.6 Å². The molecule has 10 heteroatoms. The van der Waals surface area contributed by atoms with E-state index in [-0.39, 0.29) is 33.5 Å². The van der Waals surface area contributed by atoms with Crippen LogP contribution >= 0.6 is 26.6 Å². The molecule has 0 atom stereocenters. The van der Waals surface area contributed by atoms with E-state index >= 15 is 0 Å². The number of ether oxygens (including phenoxy) is 1. The first-order valence-electron chi connectivity index (χ1n) is 5.87. The maximum Gasteiger partial charge on any atom is 0.261 e. The van der Waals surface area contributed by atoms with Gasteiger partial charge in [0, 0.05) is 15.2 Å². The SMILES string of the molecule is CC(C)OCCS(=O)(=O)Nc1ccc(S(=O)(=O)Cl)cc1Br. The van der Waals surface area contributed by atoms with E-state index in [1.165, 1.54) is 18.2 Å². The summed E-state index contributed by atoms with van der Waals surface area (Å²) >= 11 is 3.10. The minimum atomic E-state index is -3.86. The Bertz CT molecular complexity index is 703. The third-order valence-corrected chi connectivity index (χ3v) is 5.53. The van der Waals surface area contributed by atoms with Gasteiger partial charge >= 0.3 is 0 Å². The molecule has 1 N–H and O–H groups in total. The van der Waals surface area contributed by atoms with Crippen LogP contribution in [0, 0.1) is 0 Å². The summed E-state index contributed by atoms with van der Waals surface area (Å²) in [5.74, 6) is -0.201. The van der Waals surface area contributed by atoms with Crippen molar-refractivity contribution in [2.75, 3.05) is 17.1 Å². The summed E-state index contributed by atoms with van der Waals surface area (Å²) < 4.78 is 53.9. The van der Waals surface area contributed by atoms with Crippen molar-refractivity contribution in [2.45, 2.75) is 24.8 Å². The van der Waals surface area contributed by atoms with E-state index < -0.39 is 19.1 Å². The van der Waals surface area contributed by atoms with Crippen molar-refractivity contribution in [3.63, 3.8) is 0 Å². The molecule has 1 aromatic carbocycles. The number of hydrogen-bond donors (Lipinski definition) is 1. The Balaban J connectivity index is 2.84. The van der Waals surface area contributed by atoms with Crippen LogP contribution in [0.3, 0.4) is 0 Å². The van der Waals surface area contributed by atoms with E-state index in [9.17, 15) is 16.8 Å². The van der Waals surface area contributed by atoms with Crippen LogP contribution in [0.1, 0.15) is 13.8 Å². The van der Waals surface area contributed by atoms with Gasteiger partial charge in [-0.2, -0.15) is 0 Å². The zero-order valence-corrected chi connectivity index (χ0v) is 15.3. The second-order valence-corrected chi connectivity index (χ2v) is 9.68. The Morgan fingerprint density at radius 1 is 1.29 bits per heavy atom. The molecule has 0 aliphatic rings. The highest BCUT2D eigenvalue weighted by Gasteiger charge is 2.16. The van der Waals surface area contributed by atoms with Crippen molar-refractivity contribution in [3.05, 3.63) is 22.7 Å². The largest absolute Gasteiger partial charge is 0.378 e. The number of anilines is 1. The van der Waals surface area contributed by atoms with E-state index in [1.54, 1.807) is 0 Å². The molecule has 0 unspecified atom stereocenters. The van der Waals surface area contributed by atoms with Crippen LogP contribution in [0.5, 0.6) is 0 Å². The van der Waals surface area contributed by atoms with E-state index in [2.05, 4.69) is 20.7 Å². The normalized spacial score (nSPS) is 12.6. The molecule has 0 saturated heterocycles. The molecule has 0 heterocycles. The first kappa shape index (κ1) is 18.7. The Morgan fingerprint density at radius 3 is 2.38 bits per heavy atom. The predicted octanol–water partition coefficient (Wildman–Crippen LogP) is 2.54. The molecule has 0 fully saturated rings. The summed E-state index contributed by atoms with van der Waals surface area (Å²) in [6.45, 7) is 3.68. The zero-order valence-electron chi connectivity index (χ0n) is 11.3. The second kappa shape index (κ2) is 7.28. The molecule has 0 aliphatic heterocycles. The summed E-state index contributed by atoms with van der Waals surface area (Å²) in [6, 6.07) is 3.76. The Hall–Kier alpha value is -0.350. The predicted molar refractivity (Wildman–Crippen MR) is 85.7 cm³/mol. The van der Waals surface area contributed by atoms with Crippen molar-refractivity contribution in [3.8, 4) is 0 Å². The van der Waals surface area contributed by atoms with Gasteiger partial charge in [0.2, 0.25) is 10.0 Å². The van der Waals surface area contributed by atoms with Crippen molar-refractivity contribution in [1.82, 2.24) is 0 Å². The quantitative estimate of drug-likeness (QED) is 0.685. The van der Waals surface area contributed by atoms with Gasteiger partial charge < -0.3 is 4.74 Å². The highest BCUT2D eigenvalue weighted by molar-refractivity contribution is 9.10. The third-order valence-electron chi connectivity index (χ3n) is 2.29. The van der Waals surface area contributed by atoms with Crippen molar-refractivity contribution in [1.29, 1.82) is 0 Å². The van der Waals surface area contributed by atoms with Gasteiger partial charge in [-0.3, -0.25) is 4.72 Å². The van der Waals surface area contributed by atoms with Gasteiger partial charge in [-0.15, -0.1) is 0 Å². The molecule has 0 aromatic heterocycles. The molecular weight excluding hydrogens is 406 g/mol. The van der Waals surface area contributed by atoms with Crippen LogP contribution in [0.2, 0.25) is 0 Å². The van der Waals surface area contributed by atoms with Crippen LogP contribution in [-0.4, -0.2) is 35.3 Å². The molecule has 1 aromatic rings. The van der Waals surface area contributed by atoms with Gasteiger partial charge in [-0.25, -0.2) is 16.8 Å². The third kappa shape index (κ3) is 6.52. The van der Waals surface area contributed by atoms with E-state index in [1.807, 2.05) is 13.8 Å². The van der Waals surface area contributed by atoms with Crippen molar-refractivity contribution >= 4 is 51.4 Å². The summed E-state index contributed by atoms with van der Waals surface area (Å²) in [4.78, 5) is -0.123. The molecule has 120 valence electrons. The maximum atomic E-state index is 11.9. The standard InChI is InChI=1S/C11H15BrClNO5S2/c1-8(2)19-5-6-20(15,16)14-11-4-3-9(7-10(11)12)21(13,17)18/h3-4,7-8,14H,5-6H2,1-2H3. The van der Waals surface area contributed by atoms with Gasteiger partial charge in [0.25, 0.3) is 9.05 Å². The monoisotopic (exact) mass is 419 g/mol. The molecule has 0 radical (unpaired) electrons.